The van der Waals surface area contributed by atoms with Crippen molar-refractivity contribution in [2.24, 2.45) is 0 Å². The molecule has 0 unspecified atom stereocenters. The van der Waals surface area contributed by atoms with Crippen molar-refractivity contribution in [2.45, 2.75) is 32.7 Å². The van der Waals surface area contributed by atoms with E-state index >= 15 is 0 Å². The number of piperazine rings is 1. The van der Waals surface area contributed by atoms with Gasteiger partial charge in [0.25, 0.3) is 0 Å². The maximum absolute atomic E-state index is 12.7. The molecule has 6 heteroatoms. The minimum atomic E-state index is -0.167. The predicted octanol–water partition coefficient (Wildman–Crippen LogP) is 3.25. The van der Waals surface area contributed by atoms with Gasteiger partial charge in [-0.1, -0.05) is 12.1 Å². The number of hydrogen-bond acceptors (Lipinski definition) is 4. The number of aromatic nitrogens is 1. The van der Waals surface area contributed by atoms with Crippen molar-refractivity contribution in [3.8, 4) is 5.75 Å². The molecule has 1 saturated heterocycles. The molecule has 0 radical (unpaired) electrons. The van der Waals surface area contributed by atoms with Crippen molar-refractivity contribution in [3.63, 3.8) is 0 Å². The third-order valence-corrected chi connectivity index (χ3v) is 5.31. The van der Waals surface area contributed by atoms with Gasteiger partial charge in [0.15, 0.2) is 0 Å². The van der Waals surface area contributed by atoms with E-state index in [1.54, 1.807) is 13.3 Å². The van der Waals surface area contributed by atoms with Crippen molar-refractivity contribution >= 4 is 11.7 Å². The van der Waals surface area contributed by atoms with Gasteiger partial charge < -0.3 is 19.9 Å². The van der Waals surface area contributed by atoms with Gasteiger partial charge in [-0.15, -0.1) is 0 Å². The Morgan fingerprint density at radius 1 is 1.25 bits per heavy atom. The fourth-order valence-corrected chi connectivity index (χ4v) is 3.76. The van der Waals surface area contributed by atoms with Crippen LogP contribution in [-0.4, -0.2) is 54.7 Å². The van der Waals surface area contributed by atoms with E-state index in [1.165, 1.54) is 0 Å². The summed E-state index contributed by atoms with van der Waals surface area (Å²) in [6.45, 7) is 9.12. The number of aryl methyl sites for hydroxylation is 1. The number of amides is 2. The van der Waals surface area contributed by atoms with E-state index in [9.17, 15) is 4.79 Å². The van der Waals surface area contributed by atoms with Crippen molar-refractivity contribution < 1.29 is 9.53 Å². The molecule has 1 aromatic carbocycles. The molecule has 3 rings (SSSR count). The summed E-state index contributed by atoms with van der Waals surface area (Å²) in [5, 5.41) is 3.05. The van der Waals surface area contributed by atoms with Gasteiger partial charge in [0.2, 0.25) is 0 Å². The van der Waals surface area contributed by atoms with Gasteiger partial charge in [0.1, 0.15) is 5.75 Å². The Morgan fingerprint density at radius 3 is 2.79 bits per heavy atom. The first-order chi connectivity index (χ1) is 13.4. The largest absolute Gasteiger partial charge is 0.497 e. The zero-order valence-corrected chi connectivity index (χ0v) is 17.2. The molecule has 2 aromatic rings. The van der Waals surface area contributed by atoms with Crippen LogP contribution in [0.25, 0.3) is 0 Å². The Labute approximate surface area is 167 Å². The highest BCUT2D eigenvalue weighted by atomic mass is 16.5. The SMILES string of the molecule is COc1cccc(N2CCN(C(=O)NCCc3ncccc3C)CC2(C)C)c1. The number of benzene rings is 1. The number of nitrogens with zero attached hydrogens (tertiary/aromatic N) is 3. The number of pyridine rings is 1. The lowest BCUT2D eigenvalue weighted by atomic mass is 9.97. The van der Waals surface area contributed by atoms with Crippen LogP contribution in [0.5, 0.6) is 5.75 Å². The maximum Gasteiger partial charge on any atom is 0.317 e. The first-order valence-corrected chi connectivity index (χ1v) is 9.76. The van der Waals surface area contributed by atoms with Crippen molar-refractivity contribution in [2.75, 3.05) is 38.2 Å². The maximum atomic E-state index is 12.7. The van der Waals surface area contributed by atoms with Gasteiger partial charge in [-0.25, -0.2) is 4.79 Å². The number of rotatable bonds is 5. The highest BCUT2D eigenvalue weighted by Gasteiger charge is 2.35. The van der Waals surface area contributed by atoms with Crippen molar-refractivity contribution in [3.05, 3.63) is 53.9 Å². The fourth-order valence-electron chi connectivity index (χ4n) is 3.76. The van der Waals surface area contributed by atoms with Crippen molar-refractivity contribution in [1.29, 1.82) is 0 Å². The molecule has 28 heavy (non-hydrogen) atoms. The average Bonchev–Trinajstić information content (AvgIpc) is 2.68. The van der Waals surface area contributed by atoms with Crippen LogP contribution >= 0.6 is 0 Å². The number of methoxy groups -OCH3 is 1. The van der Waals surface area contributed by atoms with Crippen LogP contribution in [0.1, 0.15) is 25.1 Å². The first-order valence-electron chi connectivity index (χ1n) is 9.76. The van der Waals surface area contributed by atoms with Gasteiger partial charge in [0, 0.05) is 56.2 Å². The zero-order chi connectivity index (χ0) is 20.1. The van der Waals surface area contributed by atoms with Crippen LogP contribution in [0.3, 0.4) is 0 Å². The number of carbonyl (C=O) groups excluding carboxylic acids is 1. The molecule has 1 aliphatic rings. The summed E-state index contributed by atoms with van der Waals surface area (Å²) in [7, 11) is 1.68. The van der Waals surface area contributed by atoms with E-state index in [2.05, 4.69) is 35.1 Å². The first kappa shape index (κ1) is 20.0. The van der Waals surface area contributed by atoms with E-state index in [1.807, 2.05) is 42.2 Å². The Bertz CT molecular complexity index is 822. The van der Waals surface area contributed by atoms with Gasteiger partial charge in [-0.2, -0.15) is 0 Å². The van der Waals surface area contributed by atoms with E-state index in [0.717, 1.165) is 35.7 Å². The third kappa shape index (κ3) is 4.55. The van der Waals surface area contributed by atoms with Gasteiger partial charge in [0.05, 0.1) is 12.6 Å². The monoisotopic (exact) mass is 382 g/mol. The topological polar surface area (TPSA) is 57.7 Å². The molecule has 1 aromatic heterocycles. The molecule has 2 heterocycles. The Morgan fingerprint density at radius 2 is 2.07 bits per heavy atom. The minimum absolute atomic E-state index is 0.00745. The molecule has 1 fully saturated rings. The molecular formula is C22H30N4O2. The van der Waals surface area contributed by atoms with Crippen molar-refractivity contribution in [1.82, 2.24) is 15.2 Å². The quantitative estimate of drug-likeness (QED) is 0.862. The zero-order valence-electron chi connectivity index (χ0n) is 17.2. The highest BCUT2D eigenvalue weighted by Crippen LogP contribution is 2.30. The second-order valence-electron chi connectivity index (χ2n) is 7.84. The lowest BCUT2D eigenvalue weighted by Crippen LogP contribution is -2.62. The Kier molecular flexibility index (Phi) is 6.07. The average molecular weight is 383 g/mol. The third-order valence-electron chi connectivity index (χ3n) is 5.31. The van der Waals surface area contributed by atoms with E-state index in [0.29, 0.717) is 19.6 Å². The molecule has 0 aliphatic carbocycles. The summed E-state index contributed by atoms with van der Waals surface area (Å²) in [6.07, 6.45) is 2.54. The number of nitrogens with one attached hydrogen (secondary N) is 1. The summed E-state index contributed by atoms with van der Waals surface area (Å²) >= 11 is 0. The van der Waals surface area contributed by atoms with Gasteiger partial charge in [-0.3, -0.25) is 4.98 Å². The molecule has 2 amide bonds. The van der Waals surface area contributed by atoms with E-state index in [4.69, 9.17) is 4.74 Å². The molecular weight excluding hydrogens is 352 g/mol. The molecule has 0 bridgehead atoms. The lowest BCUT2D eigenvalue weighted by molar-refractivity contribution is 0.169. The summed E-state index contributed by atoms with van der Waals surface area (Å²) < 4.78 is 5.36. The summed E-state index contributed by atoms with van der Waals surface area (Å²) in [4.78, 5) is 21.3. The molecule has 1 N–H and O–H groups in total. The molecule has 0 atom stereocenters. The Balaban J connectivity index is 1.57. The Hall–Kier alpha value is -2.76. The number of urea groups is 1. The standard InChI is InChI=1S/C22H30N4O2/c1-17-7-6-11-23-20(17)10-12-24-21(27)25-13-14-26(22(2,3)16-25)18-8-5-9-19(15-18)28-4/h5-9,11,15H,10,12-14,16H2,1-4H3,(H,24,27). The van der Waals surface area contributed by atoms with Crippen LogP contribution in [0.4, 0.5) is 10.5 Å². The van der Waals surface area contributed by atoms with E-state index < -0.39 is 0 Å². The molecule has 150 valence electrons. The summed E-state index contributed by atoms with van der Waals surface area (Å²) in [5.74, 6) is 0.846. The second-order valence-corrected chi connectivity index (χ2v) is 7.84. The van der Waals surface area contributed by atoms with Crippen LogP contribution in [-0.2, 0) is 6.42 Å². The van der Waals surface area contributed by atoms with Gasteiger partial charge in [-0.05, 0) is 44.5 Å². The highest BCUT2D eigenvalue weighted by molar-refractivity contribution is 5.75. The van der Waals surface area contributed by atoms with Crippen LogP contribution in [0.15, 0.2) is 42.6 Å². The van der Waals surface area contributed by atoms with E-state index in [-0.39, 0.29) is 11.6 Å². The lowest BCUT2D eigenvalue weighted by Gasteiger charge is -2.48. The number of ether oxygens (including phenoxy) is 1. The molecule has 6 nitrogen and oxygen atoms in total. The van der Waals surface area contributed by atoms with Crippen LogP contribution < -0.4 is 15.0 Å². The number of carbonyl (C=O) groups is 1. The van der Waals surface area contributed by atoms with Crippen LogP contribution in [0, 0.1) is 6.92 Å². The molecule has 1 aliphatic heterocycles. The summed E-state index contributed by atoms with van der Waals surface area (Å²) in [6, 6.07) is 12.1. The predicted molar refractivity (Wildman–Crippen MR) is 112 cm³/mol. The normalized spacial score (nSPS) is 16.0. The smallest absolute Gasteiger partial charge is 0.317 e. The van der Waals surface area contributed by atoms with Crippen LogP contribution in [0.2, 0.25) is 0 Å². The molecule has 0 spiro atoms. The number of anilines is 1. The second kappa shape index (κ2) is 8.50. The van der Waals surface area contributed by atoms with Gasteiger partial charge >= 0.3 is 6.03 Å². The summed E-state index contributed by atoms with van der Waals surface area (Å²) in [5.41, 5.74) is 3.14. The number of hydrogen-bond donors (Lipinski definition) is 1. The molecule has 0 saturated carbocycles. The minimum Gasteiger partial charge on any atom is -0.497 e. The fraction of sp³-hybridized carbons (Fsp3) is 0.455.